The molecule has 6 heteroatoms. The summed E-state index contributed by atoms with van der Waals surface area (Å²) in [6.45, 7) is 7.00. The number of rotatable bonds is 3. The largest absolute Gasteiger partial charge is 0.296 e. The first kappa shape index (κ1) is 14.3. The first-order valence-corrected chi connectivity index (χ1v) is 8.22. The van der Waals surface area contributed by atoms with E-state index in [1.807, 2.05) is 24.6 Å². The number of carbonyl (C=O) groups is 1. The summed E-state index contributed by atoms with van der Waals surface area (Å²) >= 11 is 1.60. The monoisotopic (exact) mass is 304 g/mol. The second-order valence-electron chi connectivity index (χ2n) is 5.68. The Labute approximate surface area is 128 Å². The number of hydrogen-bond donors (Lipinski definition) is 1. The van der Waals surface area contributed by atoms with Crippen molar-refractivity contribution in [1.29, 1.82) is 0 Å². The third-order valence-electron chi connectivity index (χ3n) is 3.92. The number of thiazole rings is 1. The lowest BCUT2D eigenvalue weighted by Crippen LogP contribution is -2.13. The molecule has 5 nitrogen and oxygen atoms in total. The Morgan fingerprint density at radius 3 is 3.10 bits per heavy atom. The predicted molar refractivity (Wildman–Crippen MR) is 83.9 cm³/mol. The minimum Gasteiger partial charge on any atom is -0.296 e. The summed E-state index contributed by atoms with van der Waals surface area (Å²) in [7, 11) is 0. The fourth-order valence-electron chi connectivity index (χ4n) is 2.70. The second-order valence-corrected chi connectivity index (χ2v) is 6.76. The third-order valence-corrected chi connectivity index (χ3v) is 4.96. The van der Waals surface area contributed by atoms with Gasteiger partial charge in [-0.25, -0.2) is 4.98 Å². The SMILES string of the molecule is CCn1nc(C(=O)Nc2nc3c(s2)CC(C)CC3)cc1C. The Kier molecular flexibility index (Phi) is 3.80. The van der Waals surface area contributed by atoms with Crippen molar-refractivity contribution in [2.75, 3.05) is 5.32 Å². The van der Waals surface area contributed by atoms with Gasteiger partial charge in [0.25, 0.3) is 5.91 Å². The summed E-state index contributed by atoms with van der Waals surface area (Å²) in [6, 6.07) is 1.81. The number of aryl methyl sites for hydroxylation is 3. The van der Waals surface area contributed by atoms with E-state index < -0.39 is 0 Å². The van der Waals surface area contributed by atoms with E-state index in [2.05, 4.69) is 22.3 Å². The molecule has 21 heavy (non-hydrogen) atoms. The Bertz CT molecular complexity index is 673. The van der Waals surface area contributed by atoms with E-state index in [-0.39, 0.29) is 5.91 Å². The number of aromatic nitrogens is 3. The molecule has 0 aliphatic heterocycles. The van der Waals surface area contributed by atoms with Crippen LogP contribution in [0.3, 0.4) is 0 Å². The normalized spacial score (nSPS) is 17.6. The van der Waals surface area contributed by atoms with E-state index in [0.717, 1.165) is 30.8 Å². The second kappa shape index (κ2) is 5.60. The van der Waals surface area contributed by atoms with Gasteiger partial charge in [-0.05, 0) is 45.1 Å². The van der Waals surface area contributed by atoms with Gasteiger partial charge in [0.15, 0.2) is 10.8 Å². The zero-order valence-corrected chi connectivity index (χ0v) is 13.5. The van der Waals surface area contributed by atoms with Crippen molar-refractivity contribution < 1.29 is 4.79 Å². The Balaban J connectivity index is 1.75. The van der Waals surface area contributed by atoms with Crippen molar-refractivity contribution in [2.45, 2.75) is 46.6 Å². The van der Waals surface area contributed by atoms with Crippen molar-refractivity contribution in [1.82, 2.24) is 14.8 Å². The molecule has 1 unspecified atom stereocenters. The molecular formula is C15H20N4OS. The lowest BCUT2D eigenvalue weighted by Gasteiger charge is -2.15. The molecule has 1 amide bonds. The van der Waals surface area contributed by atoms with Crippen LogP contribution in [0.5, 0.6) is 0 Å². The van der Waals surface area contributed by atoms with Gasteiger partial charge in [0.1, 0.15) is 0 Å². The van der Waals surface area contributed by atoms with E-state index in [9.17, 15) is 4.79 Å². The number of amides is 1. The molecule has 0 spiro atoms. The number of nitrogens with one attached hydrogen (secondary N) is 1. The van der Waals surface area contributed by atoms with Gasteiger partial charge in [0.05, 0.1) is 5.69 Å². The summed E-state index contributed by atoms with van der Waals surface area (Å²) in [5.74, 6) is 0.536. The van der Waals surface area contributed by atoms with Gasteiger partial charge in [-0.3, -0.25) is 14.8 Å². The van der Waals surface area contributed by atoms with Gasteiger partial charge >= 0.3 is 0 Å². The summed E-state index contributed by atoms with van der Waals surface area (Å²) < 4.78 is 1.82. The molecule has 112 valence electrons. The molecule has 0 aromatic carbocycles. The van der Waals surface area contributed by atoms with E-state index in [4.69, 9.17) is 0 Å². The number of hydrogen-bond acceptors (Lipinski definition) is 4. The smallest absolute Gasteiger partial charge is 0.277 e. The lowest BCUT2D eigenvalue weighted by atomic mass is 9.93. The van der Waals surface area contributed by atoms with Crippen molar-refractivity contribution in [2.24, 2.45) is 5.92 Å². The van der Waals surface area contributed by atoms with Gasteiger partial charge in [0.2, 0.25) is 0 Å². The van der Waals surface area contributed by atoms with E-state index >= 15 is 0 Å². The fourth-order valence-corrected chi connectivity index (χ4v) is 3.86. The maximum Gasteiger partial charge on any atom is 0.277 e. The van der Waals surface area contributed by atoms with Crippen LogP contribution in [0.2, 0.25) is 0 Å². The molecule has 3 rings (SSSR count). The van der Waals surface area contributed by atoms with Gasteiger partial charge < -0.3 is 0 Å². The van der Waals surface area contributed by atoms with Crippen LogP contribution in [0.1, 0.15) is 47.0 Å². The van der Waals surface area contributed by atoms with Crippen molar-refractivity contribution in [3.63, 3.8) is 0 Å². The molecule has 1 aliphatic rings. The molecule has 1 N–H and O–H groups in total. The third kappa shape index (κ3) is 2.85. The van der Waals surface area contributed by atoms with Crippen LogP contribution >= 0.6 is 11.3 Å². The molecule has 2 aromatic rings. The Morgan fingerprint density at radius 2 is 2.38 bits per heavy atom. The fraction of sp³-hybridized carbons (Fsp3) is 0.533. The maximum absolute atomic E-state index is 12.3. The van der Waals surface area contributed by atoms with Crippen LogP contribution in [0.15, 0.2) is 6.07 Å². The van der Waals surface area contributed by atoms with Crippen molar-refractivity contribution in [3.05, 3.63) is 28.0 Å². The Morgan fingerprint density at radius 1 is 1.57 bits per heavy atom. The van der Waals surface area contributed by atoms with E-state index in [1.54, 1.807) is 11.3 Å². The van der Waals surface area contributed by atoms with Crippen LogP contribution in [0.4, 0.5) is 5.13 Å². The molecule has 0 radical (unpaired) electrons. The number of fused-ring (bicyclic) bond motifs is 1. The number of anilines is 1. The van der Waals surface area contributed by atoms with Crippen LogP contribution in [0.25, 0.3) is 0 Å². The molecule has 0 saturated carbocycles. The highest BCUT2D eigenvalue weighted by atomic mass is 32.1. The van der Waals surface area contributed by atoms with Crippen LogP contribution < -0.4 is 5.32 Å². The molecule has 0 saturated heterocycles. The maximum atomic E-state index is 12.3. The molecule has 1 atom stereocenters. The lowest BCUT2D eigenvalue weighted by molar-refractivity contribution is 0.102. The average Bonchev–Trinajstić information content (AvgIpc) is 3.01. The van der Waals surface area contributed by atoms with E-state index in [0.29, 0.717) is 16.7 Å². The topological polar surface area (TPSA) is 59.8 Å². The summed E-state index contributed by atoms with van der Waals surface area (Å²) in [6.07, 6.45) is 3.28. The van der Waals surface area contributed by atoms with Gasteiger partial charge in [-0.2, -0.15) is 5.10 Å². The van der Waals surface area contributed by atoms with Crippen LogP contribution in [0, 0.1) is 12.8 Å². The number of carbonyl (C=O) groups excluding carboxylic acids is 1. The van der Waals surface area contributed by atoms with Gasteiger partial charge in [-0.15, -0.1) is 11.3 Å². The van der Waals surface area contributed by atoms with E-state index in [1.165, 1.54) is 11.3 Å². The Hall–Kier alpha value is -1.69. The molecule has 2 heterocycles. The average molecular weight is 304 g/mol. The standard InChI is InChI=1S/C15H20N4OS/c1-4-19-10(3)8-12(18-19)14(20)17-15-16-11-6-5-9(2)7-13(11)21-15/h8-9H,4-7H2,1-3H3,(H,16,17,20). The molecule has 0 fully saturated rings. The zero-order valence-electron chi connectivity index (χ0n) is 12.6. The molecule has 0 bridgehead atoms. The first-order valence-electron chi connectivity index (χ1n) is 7.41. The van der Waals surface area contributed by atoms with Gasteiger partial charge in [-0.1, -0.05) is 6.92 Å². The highest BCUT2D eigenvalue weighted by Crippen LogP contribution is 2.32. The minimum atomic E-state index is -0.176. The summed E-state index contributed by atoms with van der Waals surface area (Å²) in [5.41, 5.74) is 2.61. The highest BCUT2D eigenvalue weighted by molar-refractivity contribution is 7.15. The highest BCUT2D eigenvalue weighted by Gasteiger charge is 2.21. The van der Waals surface area contributed by atoms with Crippen molar-refractivity contribution in [3.8, 4) is 0 Å². The van der Waals surface area contributed by atoms with Crippen molar-refractivity contribution >= 4 is 22.4 Å². The summed E-state index contributed by atoms with van der Waals surface area (Å²) in [5, 5.41) is 7.88. The molecule has 1 aliphatic carbocycles. The molecule has 2 aromatic heterocycles. The zero-order chi connectivity index (χ0) is 15.0. The predicted octanol–water partition coefficient (Wildman–Crippen LogP) is 3.05. The quantitative estimate of drug-likeness (QED) is 0.948. The number of nitrogens with zero attached hydrogens (tertiary/aromatic N) is 3. The minimum absolute atomic E-state index is 0.176. The van der Waals surface area contributed by atoms with Crippen LogP contribution in [-0.4, -0.2) is 20.7 Å². The molecular weight excluding hydrogens is 284 g/mol. The van der Waals surface area contributed by atoms with Crippen LogP contribution in [-0.2, 0) is 19.4 Å². The first-order chi connectivity index (χ1) is 10.1. The summed E-state index contributed by atoms with van der Waals surface area (Å²) in [4.78, 5) is 18.1. The van der Waals surface area contributed by atoms with Gasteiger partial charge in [0, 0.05) is 17.1 Å².